The molecule has 0 saturated heterocycles. The van der Waals surface area contributed by atoms with E-state index in [0.717, 1.165) is 33.8 Å². The molecule has 4 heterocycles. The molecule has 5 rings (SSSR count). The maximum absolute atomic E-state index is 13.2. The number of rotatable bonds is 3. The molecule has 0 saturated carbocycles. The molecule has 3 aromatic heterocycles. The van der Waals surface area contributed by atoms with E-state index < -0.39 is 5.41 Å². The number of nitrogens with zero attached hydrogens (tertiary/aromatic N) is 6. The van der Waals surface area contributed by atoms with Gasteiger partial charge in [0.2, 0.25) is 5.91 Å². The minimum absolute atomic E-state index is 0.0197. The molecule has 1 aromatic carbocycles. The van der Waals surface area contributed by atoms with Crippen LogP contribution in [0.25, 0.3) is 16.9 Å². The van der Waals surface area contributed by atoms with Gasteiger partial charge in [0.15, 0.2) is 5.82 Å². The lowest BCUT2D eigenvalue weighted by atomic mass is 9.86. The Hall–Kier alpha value is -3.74. The van der Waals surface area contributed by atoms with E-state index in [4.69, 9.17) is 0 Å². The van der Waals surface area contributed by atoms with Gasteiger partial charge in [-0.3, -0.25) is 19.4 Å². The van der Waals surface area contributed by atoms with Gasteiger partial charge in [0, 0.05) is 43.5 Å². The standard InChI is InChI=1S/C23H22N6O/c1-15-12-24-9-7-19(15)28-13-18(25-14-28)16-5-6-17-20(11-16)29(22(30)23(17,2)3)21-8-10-27(4)26-21/h5-14H,1-4H3. The van der Waals surface area contributed by atoms with Crippen molar-refractivity contribution < 1.29 is 4.79 Å². The second-order valence-corrected chi connectivity index (χ2v) is 8.17. The van der Waals surface area contributed by atoms with E-state index in [1.165, 1.54) is 0 Å². The molecular formula is C23H22N6O. The maximum atomic E-state index is 13.2. The van der Waals surface area contributed by atoms with E-state index in [1.807, 2.05) is 81.3 Å². The minimum atomic E-state index is -0.612. The van der Waals surface area contributed by atoms with E-state index in [2.05, 4.69) is 15.1 Å². The summed E-state index contributed by atoms with van der Waals surface area (Å²) in [7, 11) is 1.85. The molecule has 7 heteroatoms. The van der Waals surface area contributed by atoms with Crippen LogP contribution in [0.4, 0.5) is 11.5 Å². The largest absolute Gasteiger partial charge is 0.305 e. The summed E-state index contributed by atoms with van der Waals surface area (Å²) in [5.41, 5.74) is 5.14. The Bertz CT molecular complexity index is 1280. The average Bonchev–Trinajstić information content (AvgIpc) is 3.41. The van der Waals surface area contributed by atoms with Crippen LogP contribution in [0.2, 0.25) is 0 Å². The molecular weight excluding hydrogens is 376 g/mol. The molecule has 0 aliphatic carbocycles. The summed E-state index contributed by atoms with van der Waals surface area (Å²) in [6.45, 7) is 5.94. The maximum Gasteiger partial charge on any atom is 0.242 e. The Labute approximate surface area is 174 Å². The Balaban J connectivity index is 1.60. The molecule has 150 valence electrons. The first-order valence-electron chi connectivity index (χ1n) is 9.80. The van der Waals surface area contributed by atoms with Gasteiger partial charge in [0.25, 0.3) is 0 Å². The number of carbonyl (C=O) groups is 1. The molecule has 0 bridgehead atoms. The molecule has 4 aromatic rings. The predicted octanol–water partition coefficient (Wildman–Crippen LogP) is 3.93. The van der Waals surface area contributed by atoms with Crippen LogP contribution in [-0.2, 0) is 17.3 Å². The lowest BCUT2D eigenvalue weighted by Crippen LogP contribution is -2.33. The van der Waals surface area contributed by atoms with Crippen molar-refractivity contribution in [1.82, 2.24) is 24.3 Å². The van der Waals surface area contributed by atoms with Crippen LogP contribution in [0.1, 0.15) is 25.0 Å². The van der Waals surface area contributed by atoms with Gasteiger partial charge in [0.05, 0.1) is 28.8 Å². The number of anilines is 2. The van der Waals surface area contributed by atoms with Crippen LogP contribution in [0.15, 0.2) is 61.4 Å². The number of fused-ring (bicyclic) bond motifs is 1. The Kier molecular flexibility index (Phi) is 3.89. The van der Waals surface area contributed by atoms with Crippen LogP contribution in [0, 0.1) is 6.92 Å². The molecule has 0 fully saturated rings. The highest BCUT2D eigenvalue weighted by Gasteiger charge is 2.45. The van der Waals surface area contributed by atoms with Gasteiger partial charge in [-0.2, -0.15) is 5.10 Å². The fraction of sp³-hybridized carbons (Fsp3) is 0.217. The van der Waals surface area contributed by atoms with E-state index >= 15 is 0 Å². The summed E-state index contributed by atoms with van der Waals surface area (Å²) in [5, 5.41) is 4.46. The number of hydrogen-bond donors (Lipinski definition) is 0. The molecule has 0 N–H and O–H groups in total. The summed E-state index contributed by atoms with van der Waals surface area (Å²) in [5.74, 6) is 0.649. The van der Waals surface area contributed by atoms with Crippen molar-refractivity contribution in [3.63, 3.8) is 0 Å². The van der Waals surface area contributed by atoms with E-state index in [0.29, 0.717) is 5.82 Å². The van der Waals surface area contributed by atoms with Gasteiger partial charge in [0.1, 0.15) is 0 Å². The summed E-state index contributed by atoms with van der Waals surface area (Å²) < 4.78 is 3.70. The van der Waals surface area contributed by atoms with Crippen LogP contribution in [0.5, 0.6) is 0 Å². The Morgan fingerprint density at radius 3 is 2.63 bits per heavy atom. The first-order chi connectivity index (χ1) is 14.4. The zero-order valence-corrected chi connectivity index (χ0v) is 17.4. The Morgan fingerprint density at radius 1 is 1.07 bits per heavy atom. The number of hydrogen-bond acceptors (Lipinski definition) is 4. The van der Waals surface area contributed by atoms with Crippen molar-refractivity contribution >= 4 is 17.4 Å². The average molecular weight is 398 g/mol. The highest BCUT2D eigenvalue weighted by Crippen LogP contribution is 2.46. The normalized spacial score (nSPS) is 14.9. The van der Waals surface area contributed by atoms with E-state index in [9.17, 15) is 4.79 Å². The summed E-state index contributed by atoms with van der Waals surface area (Å²) in [4.78, 5) is 23.7. The van der Waals surface area contributed by atoms with Crippen molar-refractivity contribution in [3.05, 3.63) is 72.6 Å². The first-order valence-corrected chi connectivity index (χ1v) is 9.80. The first kappa shape index (κ1) is 18.3. The molecule has 1 aliphatic heterocycles. The monoisotopic (exact) mass is 398 g/mol. The summed E-state index contributed by atoms with van der Waals surface area (Å²) >= 11 is 0. The Morgan fingerprint density at radius 2 is 1.90 bits per heavy atom. The number of benzene rings is 1. The quantitative estimate of drug-likeness (QED) is 0.524. The fourth-order valence-corrected chi connectivity index (χ4v) is 4.02. The SMILES string of the molecule is Cc1cnccc1-n1cnc(-c2ccc3c(c2)N(c2ccn(C)n2)C(=O)C3(C)C)c1. The molecule has 30 heavy (non-hydrogen) atoms. The smallest absolute Gasteiger partial charge is 0.242 e. The van der Waals surface area contributed by atoms with Gasteiger partial charge in [-0.1, -0.05) is 12.1 Å². The van der Waals surface area contributed by atoms with Crippen LogP contribution >= 0.6 is 0 Å². The molecule has 0 radical (unpaired) electrons. The van der Waals surface area contributed by atoms with Crippen molar-refractivity contribution in [2.45, 2.75) is 26.2 Å². The molecule has 1 amide bonds. The zero-order chi connectivity index (χ0) is 21.0. The summed E-state index contributed by atoms with van der Waals surface area (Å²) in [6, 6.07) is 9.91. The van der Waals surface area contributed by atoms with Crippen molar-refractivity contribution in [1.29, 1.82) is 0 Å². The number of carbonyl (C=O) groups excluding carboxylic acids is 1. The third-order valence-corrected chi connectivity index (χ3v) is 5.73. The van der Waals surface area contributed by atoms with Gasteiger partial charge < -0.3 is 4.57 Å². The van der Waals surface area contributed by atoms with Gasteiger partial charge in [-0.15, -0.1) is 0 Å². The molecule has 0 spiro atoms. The van der Waals surface area contributed by atoms with Crippen LogP contribution in [0.3, 0.4) is 0 Å². The van der Waals surface area contributed by atoms with Crippen molar-refractivity contribution in [2.75, 3.05) is 4.90 Å². The third-order valence-electron chi connectivity index (χ3n) is 5.73. The highest BCUT2D eigenvalue weighted by atomic mass is 16.2. The second kappa shape index (κ2) is 6.38. The fourth-order valence-electron chi connectivity index (χ4n) is 4.02. The number of amides is 1. The number of aryl methyl sites for hydroxylation is 2. The van der Waals surface area contributed by atoms with Gasteiger partial charge >= 0.3 is 0 Å². The van der Waals surface area contributed by atoms with Gasteiger partial charge in [-0.05, 0) is 44.0 Å². The van der Waals surface area contributed by atoms with Crippen molar-refractivity contribution in [3.8, 4) is 16.9 Å². The zero-order valence-electron chi connectivity index (χ0n) is 17.4. The van der Waals surface area contributed by atoms with E-state index in [-0.39, 0.29) is 5.91 Å². The number of aromatic nitrogens is 5. The van der Waals surface area contributed by atoms with E-state index in [1.54, 1.807) is 22.1 Å². The lowest BCUT2D eigenvalue weighted by molar-refractivity contribution is -0.121. The lowest BCUT2D eigenvalue weighted by Gasteiger charge is -2.18. The predicted molar refractivity (Wildman–Crippen MR) is 115 cm³/mol. The molecule has 0 unspecified atom stereocenters. The second-order valence-electron chi connectivity index (χ2n) is 8.17. The van der Waals surface area contributed by atoms with Crippen LogP contribution in [-0.4, -0.2) is 30.2 Å². The van der Waals surface area contributed by atoms with Crippen molar-refractivity contribution in [2.24, 2.45) is 7.05 Å². The summed E-state index contributed by atoms with van der Waals surface area (Å²) in [6.07, 6.45) is 9.25. The highest BCUT2D eigenvalue weighted by molar-refractivity contribution is 6.12. The number of pyridine rings is 1. The number of imidazole rings is 1. The molecule has 7 nitrogen and oxygen atoms in total. The van der Waals surface area contributed by atoms with Crippen LogP contribution < -0.4 is 4.90 Å². The minimum Gasteiger partial charge on any atom is -0.305 e. The molecule has 1 aliphatic rings. The van der Waals surface area contributed by atoms with Gasteiger partial charge in [-0.25, -0.2) is 4.98 Å². The topological polar surface area (TPSA) is 68.8 Å². The molecule has 0 atom stereocenters. The third kappa shape index (κ3) is 2.66.